The Morgan fingerprint density at radius 3 is 2.85 bits per heavy atom. The van der Waals surface area contributed by atoms with E-state index in [2.05, 4.69) is 4.18 Å². The second-order valence-corrected chi connectivity index (χ2v) is 4.22. The smallest absolute Gasteiger partial charge is 0.230 e. The van der Waals surface area contributed by atoms with Crippen LogP contribution >= 0.6 is 0 Å². The highest BCUT2D eigenvalue weighted by Crippen LogP contribution is 2.26. The Hall–Kier alpha value is -0.610. The quantitative estimate of drug-likeness (QED) is 0.494. The van der Waals surface area contributed by atoms with Gasteiger partial charge in [-0.2, -0.15) is 4.18 Å². The molecule has 1 unspecified atom stereocenters. The minimum absolute atomic E-state index is 0.164. The minimum Gasteiger partial charge on any atom is -0.875 e. The molecule has 0 aliphatic heterocycles. The molecule has 1 aliphatic carbocycles. The van der Waals surface area contributed by atoms with E-state index in [-0.39, 0.29) is 5.76 Å². The Bertz CT molecular complexity index is 279. The maximum atomic E-state index is 11.3. The first-order valence-electron chi connectivity index (χ1n) is 4.23. The second-order valence-electron chi connectivity index (χ2n) is 3.02. The predicted molar refractivity (Wildman–Crippen MR) is 51.1 cm³/mol. The molecule has 0 saturated heterocycles. The molecular weight excluding hydrogens is 188 g/mol. The van der Waals surface area contributed by atoms with Gasteiger partial charge >= 0.3 is 0 Å². The molecule has 1 atom stereocenters. The lowest BCUT2D eigenvalue weighted by Crippen LogP contribution is -2.12. The van der Waals surface area contributed by atoms with Crippen LogP contribution < -0.4 is 5.11 Å². The summed E-state index contributed by atoms with van der Waals surface area (Å²) < 4.78 is 15.7. The van der Waals surface area contributed by atoms with E-state index < -0.39 is 11.1 Å². The van der Waals surface area contributed by atoms with Crippen LogP contribution in [0.25, 0.3) is 0 Å². The molecule has 0 heterocycles. The first-order chi connectivity index (χ1) is 6.15. The molecular formula is C9H14O3S. The number of rotatable bonds is 2. The zero-order chi connectivity index (χ0) is 9.84. The van der Waals surface area contributed by atoms with Crippen LogP contribution in [0.3, 0.4) is 0 Å². The zero-order valence-corrected chi connectivity index (χ0v) is 8.77. The van der Waals surface area contributed by atoms with Crippen molar-refractivity contribution in [2.24, 2.45) is 0 Å². The van der Waals surface area contributed by atoms with Crippen LogP contribution in [0.15, 0.2) is 22.3 Å². The van der Waals surface area contributed by atoms with Crippen molar-refractivity contribution >= 4 is 11.1 Å². The number of hydrogen-bond donors (Lipinski definition) is 0. The average Bonchev–Trinajstić information content (AvgIpc) is 2.13. The van der Waals surface area contributed by atoms with Crippen molar-refractivity contribution in [3.8, 4) is 0 Å². The molecule has 74 valence electrons. The van der Waals surface area contributed by atoms with Crippen LogP contribution in [0.4, 0.5) is 0 Å². The topological polar surface area (TPSA) is 49.4 Å². The highest BCUT2D eigenvalue weighted by Gasteiger charge is 2.11. The molecule has 1 aliphatic rings. The van der Waals surface area contributed by atoms with Gasteiger partial charge in [-0.05, 0) is 26.2 Å². The lowest BCUT2D eigenvalue weighted by atomic mass is 9.95. The van der Waals surface area contributed by atoms with Crippen LogP contribution in [0.5, 0.6) is 0 Å². The molecule has 3 nitrogen and oxygen atoms in total. The normalized spacial score (nSPS) is 23.7. The molecule has 0 fully saturated rings. The van der Waals surface area contributed by atoms with Gasteiger partial charge in [0.2, 0.25) is 11.1 Å². The summed E-state index contributed by atoms with van der Waals surface area (Å²) in [7, 11) is 1.40. The van der Waals surface area contributed by atoms with Gasteiger partial charge in [0.1, 0.15) is 0 Å². The fourth-order valence-electron chi connectivity index (χ4n) is 1.33. The van der Waals surface area contributed by atoms with Crippen LogP contribution in [-0.4, -0.2) is 7.11 Å². The van der Waals surface area contributed by atoms with Crippen molar-refractivity contribution in [3.05, 3.63) is 22.3 Å². The van der Waals surface area contributed by atoms with Crippen molar-refractivity contribution in [2.75, 3.05) is 7.11 Å². The molecule has 0 aromatic rings. The SMILES string of the molecule is CO[SH+](=O)/C=C1/CCCC([O-])=C1C. The summed E-state index contributed by atoms with van der Waals surface area (Å²) in [6.07, 6.45) is 2.31. The van der Waals surface area contributed by atoms with Crippen LogP contribution in [0, 0.1) is 0 Å². The van der Waals surface area contributed by atoms with Gasteiger partial charge in [-0.25, -0.2) is 0 Å². The number of allylic oxidation sites excluding steroid dienone is 3. The van der Waals surface area contributed by atoms with Gasteiger partial charge in [0.15, 0.2) is 5.41 Å². The Labute approximate surface area is 80.8 Å². The maximum Gasteiger partial charge on any atom is 0.230 e. The predicted octanol–water partition coefficient (Wildman–Crippen LogP) is 0.946. The second kappa shape index (κ2) is 4.58. The molecule has 0 N–H and O–H groups in total. The largest absolute Gasteiger partial charge is 0.875 e. The maximum absolute atomic E-state index is 11.3. The summed E-state index contributed by atoms with van der Waals surface area (Å²) in [4.78, 5) is 0. The summed E-state index contributed by atoms with van der Waals surface area (Å²) in [5.41, 5.74) is 1.63. The minimum atomic E-state index is -1.73. The molecule has 0 aromatic carbocycles. The van der Waals surface area contributed by atoms with E-state index in [1.807, 2.05) is 0 Å². The Kier molecular flexibility index (Phi) is 3.69. The fourth-order valence-corrected chi connectivity index (χ4v) is 2.02. The van der Waals surface area contributed by atoms with E-state index in [1.165, 1.54) is 7.11 Å². The van der Waals surface area contributed by atoms with Crippen LogP contribution in [-0.2, 0) is 19.5 Å². The third kappa shape index (κ3) is 2.67. The number of hydrogen-bond acceptors (Lipinski definition) is 3. The average molecular weight is 202 g/mol. The zero-order valence-electron chi connectivity index (χ0n) is 7.87. The van der Waals surface area contributed by atoms with Crippen LogP contribution in [0.1, 0.15) is 26.2 Å². The van der Waals surface area contributed by atoms with E-state index in [4.69, 9.17) is 0 Å². The molecule has 4 heteroatoms. The highest BCUT2D eigenvalue weighted by molar-refractivity contribution is 7.83. The van der Waals surface area contributed by atoms with E-state index in [0.717, 1.165) is 24.0 Å². The molecule has 0 saturated carbocycles. The monoisotopic (exact) mass is 202 g/mol. The molecule has 1 rings (SSSR count). The van der Waals surface area contributed by atoms with Gasteiger partial charge in [-0.15, -0.1) is 5.76 Å². The Morgan fingerprint density at radius 1 is 1.54 bits per heavy atom. The highest BCUT2D eigenvalue weighted by atomic mass is 32.2. The summed E-state index contributed by atoms with van der Waals surface area (Å²) in [6, 6.07) is 0. The summed E-state index contributed by atoms with van der Waals surface area (Å²) in [6.45, 7) is 1.78. The molecule has 0 radical (unpaired) electrons. The van der Waals surface area contributed by atoms with E-state index in [1.54, 1.807) is 12.3 Å². The van der Waals surface area contributed by atoms with E-state index in [0.29, 0.717) is 6.42 Å². The molecule has 13 heavy (non-hydrogen) atoms. The van der Waals surface area contributed by atoms with E-state index >= 15 is 0 Å². The first kappa shape index (κ1) is 10.5. The summed E-state index contributed by atoms with van der Waals surface area (Å²) >= 11 is -1.73. The molecule has 0 aromatic heterocycles. The van der Waals surface area contributed by atoms with Gasteiger partial charge in [0.05, 0.1) is 7.11 Å². The fraction of sp³-hybridized carbons (Fsp3) is 0.556. The third-order valence-electron chi connectivity index (χ3n) is 2.19. The van der Waals surface area contributed by atoms with Gasteiger partial charge in [-0.1, -0.05) is 9.78 Å². The Balaban J connectivity index is 2.86. The summed E-state index contributed by atoms with van der Waals surface area (Å²) in [5, 5.41) is 12.8. The third-order valence-corrected chi connectivity index (χ3v) is 3.07. The Morgan fingerprint density at radius 2 is 2.23 bits per heavy atom. The van der Waals surface area contributed by atoms with Gasteiger partial charge in [-0.3, -0.25) is 0 Å². The lowest BCUT2D eigenvalue weighted by Gasteiger charge is -2.23. The van der Waals surface area contributed by atoms with Crippen molar-refractivity contribution in [2.45, 2.75) is 26.2 Å². The molecule has 0 spiro atoms. The first-order valence-corrected chi connectivity index (χ1v) is 5.48. The van der Waals surface area contributed by atoms with Gasteiger partial charge < -0.3 is 5.11 Å². The number of thiol groups is 1. The van der Waals surface area contributed by atoms with E-state index in [9.17, 15) is 9.32 Å². The van der Waals surface area contributed by atoms with Gasteiger partial charge in [0.25, 0.3) is 0 Å². The van der Waals surface area contributed by atoms with Crippen molar-refractivity contribution < 1.29 is 13.5 Å². The molecule has 0 bridgehead atoms. The van der Waals surface area contributed by atoms with Crippen molar-refractivity contribution in [1.29, 1.82) is 0 Å². The standard InChI is InChI=1S/C9H14O3S/c1-7-8(6-13(11)12-2)4-3-5-9(7)10/h6,10H,3-5H2,1-2H3/b8-6-. The molecule has 0 amide bonds. The van der Waals surface area contributed by atoms with Crippen LogP contribution in [0.2, 0.25) is 0 Å². The van der Waals surface area contributed by atoms with Crippen molar-refractivity contribution in [3.63, 3.8) is 0 Å². The van der Waals surface area contributed by atoms with Gasteiger partial charge in [0, 0.05) is 5.57 Å². The lowest BCUT2D eigenvalue weighted by molar-refractivity contribution is -0.309. The van der Waals surface area contributed by atoms with Crippen molar-refractivity contribution in [1.82, 2.24) is 0 Å². The summed E-state index contributed by atoms with van der Waals surface area (Å²) in [5.74, 6) is 0.164.